The molecule has 0 bridgehead atoms. The Morgan fingerprint density at radius 2 is 2.00 bits per heavy atom. The highest BCUT2D eigenvalue weighted by atomic mass is 16.3. The first-order chi connectivity index (χ1) is 9.54. The Bertz CT molecular complexity index is 423. The second-order valence-corrected chi connectivity index (χ2v) is 6.92. The molecule has 2 nitrogen and oxygen atoms in total. The maximum Gasteiger partial charge on any atom is 0.0827 e. The second-order valence-electron chi connectivity index (χ2n) is 6.92. The molecule has 0 amide bonds. The zero-order valence-electron chi connectivity index (χ0n) is 12.9. The maximum absolute atomic E-state index is 10.3. The Hall–Kier alpha value is -0.860. The molecule has 2 rings (SSSR count). The number of hydrogen-bond acceptors (Lipinski definition) is 2. The van der Waals surface area contributed by atoms with Crippen LogP contribution in [0.5, 0.6) is 0 Å². The van der Waals surface area contributed by atoms with E-state index in [0.29, 0.717) is 12.0 Å². The Kier molecular flexibility index (Phi) is 5.22. The molecule has 1 saturated carbocycles. The van der Waals surface area contributed by atoms with Crippen LogP contribution in [0.25, 0.3) is 0 Å². The molecule has 1 aromatic rings. The fraction of sp³-hybridized carbons (Fsp3) is 0.667. The fourth-order valence-corrected chi connectivity index (χ4v) is 3.31. The molecule has 20 heavy (non-hydrogen) atoms. The highest BCUT2D eigenvalue weighted by molar-refractivity contribution is 5.26. The van der Waals surface area contributed by atoms with Gasteiger partial charge in [0, 0.05) is 0 Å². The van der Waals surface area contributed by atoms with Gasteiger partial charge in [-0.05, 0) is 54.7 Å². The van der Waals surface area contributed by atoms with E-state index >= 15 is 0 Å². The number of aliphatic hydroxyl groups excluding tert-OH is 1. The molecular weight excluding hydrogens is 246 g/mol. The molecule has 1 aliphatic rings. The van der Waals surface area contributed by atoms with Crippen LogP contribution in [0.3, 0.4) is 0 Å². The summed E-state index contributed by atoms with van der Waals surface area (Å²) >= 11 is 0. The molecule has 112 valence electrons. The van der Waals surface area contributed by atoms with Gasteiger partial charge in [-0.25, -0.2) is 0 Å². The lowest BCUT2D eigenvalue weighted by molar-refractivity contribution is 0.121. The van der Waals surface area contributed by atoms with Crippen molar-refractivity contribution in [2.24, 2.45) is 17.1 Å². The van der Waals surface area contributed by atoms with Gasteiger partial charge in [-0.1, -0.05) is 51.0 Å². The standard InChI is InChI=1S/C18H29NO/c1-14(13-19)17(20)16-7-5-6-15(12-16)8-11-18(2)9-3-4-10-18/h5-7,12,14,17,20H,3-4,8-11,13,19H2,1-2H3/t14-,17-/m1/s1. The van der Waals surface area contributed by atoms with Gasteiger partial charge < -0.3 is 10.8 Å². The van der Waals surface area contributed by atoms with Crippen molar-refractivity contribution in [2.45, 2.75) is 58.5 Å². The third-order valence-electron chi connectivity index (χ3n) is 5.03. The van der Waals surface area contributed by atoms with Crippen LogP contribution in [-0.4, -0.2) is 11.7 Å². The van der Waals surface area contributed by atoms with Gasteiger partial charge in [0.05, 0.1) is 6.10 Å². The molecule has 0 heterocycles. The van der Waals surface area contributed by atoms with E-state index < -0.39 is 6.10 Å². The van der Waals surface area contributed by atoms with E-state index in [1.54, 1.807) is 0 Å². The zero-order chi connectivity index (χ0) is 14.6. The van der Waals surface area contributed by atoms with E-state index in [-0.39, 0.29) is 5.92 Å². The first kappa shape index (κ1) is 15.5. The molecule has 0 radical (unpaired) electrons. The minimum Gasteiger partial charge on any atom is -0.388 e. The van der Waals surface area contributed by atoms with E-state index in [0.717, 1.165) is 12.0 Å². The normalized spacial score (nSPS) is 20.8. The van der Waals surface area contributed by atoms with Crippen molar-refractivity contribution >= 4 is 0 Å². The van der Waals surface area contributed by atoms with Gasteiger partial charge in [0.25, 0.3) is 0 Å². The smallest absolute Gasteiger partial charge is 0.0827 e. The Labute approximate surface area is 123 Å². The molecule has 3 N–H and O–H groups in total. The van der Waals surface area contributed by atoms with Gasteiger partial charge in [0.15, 0.2) is 0 Å². The molecule has 0 aromatic heterocycles. The monoisotopic (exact) mass is 275 g/mol. The van der Waals surface area contributed by atoms with Crippen LogP contribution in [-0.2, 0) is 6.42 Å². The SMILES string of the molecule is C[C@H](CN)[C@@H](O)c1cccc(CCC2(C)CCCC2)c1. The molecule has 0 spiro atoms. The first-order valence-electron chi connectivity index (χ1n) is 8.01. The molecule has 0 unspecified atom stereocenters. The molecule has 2 heteroatoms. The van der Waals surface area contributed by atoms with Crippen LogP contribution in [0.1, 0.15) is 63.2 Å². The zero-order valence-corrected chi connectivity index (χ0v) is 12.9. The summed E-state index contributed by atoms with van der Waals surface area (Å²) in [4.78, 5) is 0. The summed E-state index contributed by atoms with van der Waals surface area (Å²) in [7, 11) is 0. The fourth-order valence-electron chi connectivity index (χ4n) is 3.31. The Balaban J connectivity index is 1.99. The number of aryl methyl sites for hydroxylation is 1. The van der Waals surface area contributed by atoms with Gasteiger partial charge in [0.2, 0.25) is 0 Å². The summed E-state index contributed by atoms with van der Waals surface area (Å²) < 4.78 is 0. The molecule has 1 aliphatic carbocycles. The van der Waals surface area contributed by atoms with E-state index in [4.69, 9.17) is 5.73 Å². The van der Waals surface area contributed by atoms with Gasteiger partial charge in [-0.2, -0.15) is 0 Å². The minimum atomic E-state index is -0.443. The van der Waals surface area contributed by atoms with Crippen molar-refractivity contribution in [1.29, 1.82) is 0 Å². The maximum atomic E-state index is 10.3. The van der Waals surface area contributed by atoms with Crippen molar-refractivity contribution < 1.29 is 5.11 Å². The van der Waals surface area contributed by atoms with E-state index in [9.17, 15) is 5.11 Å². The largest absolute Gasteiger partial charge is 0.388 e. The van der Waals surface area contributed by atoms with Gasteiger partial charge in [-0.15, -0.1) is 0 Å². The highest BCUT2D eigenvalue weighted by Crippen LogP contribution is 2.41. The summed E-state index contributed by atoms with van der Waals surface area (Å²) in [5.41, 5.74) is 8.55. The van der Waals surface area contributed by atoms with Crippen molar-refractivity contribution in [3.63, 3.8) is 0 Å². The van der Waals surface area contributed by atoms with Gasteiger partial charge >= 0.3 is 0 Å². The van der Waals surface area contributed by atoms with Gasteiger partial charge in [-0.3, -0.25) is 0 Å². The third-order valence-corrected chi connectivity index (χ3v) is 5.03. The number of benzene rings is 1. The topological polar surface area (TPSA) is 46.2 Å². The predicted molar refractivity (Wildman–Crippen MR) is 84.5 cm³/mol. The summed E-state index contributed by atoms with van der Waals surface area (Å²) in [5.74, 6) is 0.109. The van der Waals surface area contributed by atoms with Crippen LogP contribution < -0.4 is 5.73 Å². The van der Waals surface area contributed by atoms with Crippen molar-refractivity contribution in [3.8, 4) is 0 Å². The number of rotatable bonds is 6. The lowest BCUT2D eigenvalue weighted by atomic mass is 9.82. The highest BCUT2D eigenvalue weighted by Gasteiger charge is 2.28. The predicted octanol–water partition coefficient (Wildman–Crippen LogP) is 3.83. The van der Waals surface area contributed by atoms with Crippen LogP contribution in [0.4, 0.5) is 0 Å². The molecule has 0 saturated heterocycles. The molecule has 2 atom stereocenters. The van der Waals surface area contributed by atoms with E-state index in [1.165, 1.54) is 37.7 Å². The Morgan fingerprint density at radius 3 is 2.65 bits per heavy atom. The quantitative estimate of drug-likeness (QED) is 0.829. The lowest BCUT2D eigenvalue weighted by Crippen LogP contribution is -2.19. The van der Waals surface area contributed by atoms with Crippen LogP contribution >= 0.6 is 0 Å². The first-order valence-corrected chi connectivity index (χ1v) is 8.01. The Morgan fingerprint density at radius 1 is 1.30 bits per heavy atom. The average Bonchev–Trinajstić information content (AvgIpc) is 2.91. The second kappa shape index (κ2) is 6.73. The molecule has 0 aliphatic heterocycles. The number of nitrogens with two attached hydrogens (primary N) is 1. The van der Waals surface area contributed by atoms with Crippen LogP contribution in [0, 0.1) is 11.3 Å². The summed E-state index contributed by atoms with van der Waals surface area (Å²) in [6.07, 6.45) is 7.47. The molecular formula is C18H29NO. The lowest BCUT2D eigenvalue weighted by Gasteiger charge is -2.23. The summed E-state index contributed by atoms with van der Waals surface area (Å²) in [5, 5.41) is 10.3. The van der Waals surface area contributed by atoms with Crippen molar-refractivity contribution in [2.75, 3.05) is 6.54 Å². The van der Waals surface area contributed by atoms with Crippen LogP contribution in [0.15, 0.2) is 24.3 Å². The third kappa shape index (κ3) is 3.83. The molecule has 1 aromatic carbocycles. The summed E-state index contributed by atoms with van der Waals surface area (Å²) in [6.45, 7) is 4.94. The summed E-state index contributed by atoms with van der Waals surface area (Å²) in [6, 6.07) is 8.42. The number of hydrogen-bond donors (Lipinski definition) is 2. The van der Waals surface area contributed by atoms with E-state index in [1.807, 2.05) is 13.0 Å². The molecule has 1 fully saturated rings. The van der Waals surface area contributed by atoms with Crippen molar-refractivity contribution in [1.82, 2.24) is 0 Å². The van der Waals surface area contributed by atoms with E-state index in [2.05, 4.69) is 25.1 Å². The minimum absolute atomic E-state index is 0.109. The van der Waals surface area contributed by atoms with Gasteiger partial charge in [0.1, 0.15) is 0 Å². The van der Waals surface area contributed by atoms with Crippen molar-refractivity contribution in [3.05, 3.63) is 35.4 Å². The van der Waals surface area contributed by atoms with Crippen LogP contribution in [0.2, 0.25) is 0 Å². The number of aliphatic hydroxyl groups is 1. The average molecular weight is 275 g/mol.